The van der Waals surface area contributed by atoms with Gasteiger partial charge in [-0.15, -0.1) is 0 Å². The summed E-state index contributed by atoms with van der Waals surface area (Å²) >= 11 is 0. The number of ketones is 2. The summed E-state index contributed by atoms with van der Waals surface area (Å²) in [6.45, 7) is 2.65. The van der Waals surface area contributed by atoms with E-state index in [0.29, 0.717) is 18.8 Å². The summed E-state index contributed by atoms with van der Waals surface area (Å²) < 4.78 is 27.5. The minimum atomic E-state index is -0.935. The van der Waals surface area contributed by atoms with Crippen molar-refractivity contribution >= 4 is 17.1 Å². The Morgan fingerprint density at radius 3 is 2.42 bits per heavy atom. The molecule has 4 rings (SSSR count). The molecular weight excluding hydrogens is 439 g/mol. The van der Waals surface area contributed by atoms with Gasteiger partial charge in [0.1, 0.15) is 11.5 Å². The Balaban J connectivity index is 0.00000306. The van der Waals surface area contributed by atoms with Crippen molar-refractivity contribution < 1.29 is 67.9 Å². The Kier molecular flexibility index (Phi) is 8.33. The summed E-state index contributed by atoms with van der Waals surface area (Å²) in [5.74, 6) is -1.94. The number of hydrogen-bond donors (Lipinski definition) is 0. The molecule has 0 spiro atoms. The van der Waals surface area contributed by atoms with Gasteiger partial charge in [0.2, 0.25) is 0 Å². The zero-order chi connectivity index (χ0) is 22.8. The summed E-state index contributed by atoms with van der Waals surface area (Å²) in [5, 5.41) is 13.3. The molecule has 2 aliphatic rings. The minimum absolute atomic E-state index is 0. The predicted octanol–water partition coefficient (Wildman–Crippen LogP) is -0.424. The van der Waals surface area contributed by atoms with Crippen LogP contribution in [0.25, 0.3) is 5.57 Å². The number of methoxy groups -OCH3 is 2. The molecule has 8 nitrogen and oxygen atoms in total. The third-order valence-corrected chi connectivity index (χ3v) is 5.32. The zero-order valence-electron chi connectivity index (χ0n) is 19.1. The second-order valence-corrected chi connectivity index (χ2v) is 7.45. The molecule has 2 aromatic carbocycles. The Morgan fingerprint density at radius 1 is 1.03 bits per heavy atom. The smallest absolute Gasteiger partial charge is 0.869 e. The number of fused-ring (bicyclic) bond motifs is 1. The van der Waals surface area contributed by atoms with Gasteiger partial charge >= 0.3 is 29.6 Å². The third kappa shape index (κ3) is 4.73. The van der Waals surface area contributed by atoms with Crippen LogP contribution in [0.5, 0.6) is 11.5 Å². The molecule has 0 aromatic heterocycles. The van der Waals surface area contributed by atoms with Gasteiger partial charge in [-0.1, -0.05) is 18.2 Å². The molecule has 0 amide bonds. The standard InChI is InChI=1S/C24H24O8.Na/c1-13-10-15(24-30-8-5-9-31-24)18(17(11-13)32-12-28-2)20-21(25)14-6-4-7-16(29-3)19(14)22(26)23(20)27;/h4,6-7,10-11,24,27H,5,8-9,12H2,1-3H3;/q;+1/p-1. The van der Waals surface area contributed by atoms with Gasteiger partial charge in [-0.25, -0.2) is 0 Å². The summed E-state index contributed by atoms with van der Waals surface area (Å²) in [6.07, 6.45) is -0.0800. The van der Waals surface area contributed by atoms with E-state index in [1.165, 1.54) is 26.4 Å². The summed E-state index contributed by atoms with van der Waals surface area (Å²) in [5.41, 5.74) is 1.21. The number of benzene rings is 2. The van der Waals surface area contributed by atoms with Crippen molar-refractivity contribution in [1.29, 1.82) is 0 Å². The van der Waals surface area contributed by atoms with Crippen molar-refractivity contribution in [3.8, 4) is 11.5 Å². The molecule has 1 aliphatic heterocycles. The third-order valence-electron chi connectivity index (χ3n) is 5.32. The van der Waals surface area contributed by atoms with Gasteiger partial charge in [-0.2, -0.15) is 0 Å². The van der Waals surface area contributed by atoms with Crippen LogP contribution in [-0.2, 0) is 14.2 Å². The average Bonchev–Trinajstić information content (AvgIpc) is 2.82. The number of allylic oxidation sites excluding steroid dienone is 2. The van der Waals surface area contributed by atoms with Gasteiger partial charge < -0.3 is 28.8 Å². The molecule has 1 heterocycles. The first-order valence-electron chi connectivity index (χ1n) is 10.2. The van der Waals surface area contributed by atoms with E-state index in [0.717, 1.165) is 12.0 Å². The Hall–Kier alpha value is -2.20. The largest absolute Gasteiger partial charge is 1.00 e. The molecule has 1 aliphatic carbocycles. The molecule has 0 radical (unpaired) electrons. The number of ether oxygens (including phenoxy) is 5. The summed E-state index contributed by atoms with van der Waals surface area (Å²) in [7, 11) is 2.84. The maximum atomic E-state index is 13.6. The van der Waals surface area contributed by atoms with Crippen molar-refractivity contribution in [3.05, 3.63) is 63.9 Å². The average molecular weight is 462 g/mol. The molecule has 33 heavy (non-hydrogen) atoms. The van der Waals surface area contributed by atoms with Gasteiger partial charge in [0.15, 0.2) is 24.6 Å². The fourth-order valence-corrected chi connectivity index (χ4v) is 3.95. The monoisotopic (exact) mass is 462 g/mol. The van der Waals surface area contributed by atoms with Gasteiger partial charge in [-0.3, -0.25) is 9.59 Å². The Morgan fingerprint density at radius 2 is 1.76 bits per heavy atom. The Labute approximate surface area is 213 Å². The topological polar surface area (TPSA) is 103 Å². The maximum absolute atomic E-state index is 13.6. The SMILES string of the molecule is COCOc1cc(C)cc(C2OCCCO2)c1C1=C([O-])C(=O)c2c(OC)cccc2C1=O.[Na+]. The number of hydrogen-bond acceptors (Lipinski definition) is 8. The molecule has 1 fully saturated rings. The molecule has 9 heteroatoms. The first-order chi connectivity index (χ1) is 15.5. The number of Topliss-reactive ketones (excluding diaryl/α,β-unsaturated/α-hetero) is 2. The number of carbonyl (C=O) groups is 2. The van der Waals surface area contributed by atoms with Gasteiger partial charge in [0.05, 0.1) is 25.9 Å². The van der Waals surface area contributed by atoms with Crippen molar-refractivity contribution in [1.82, 2.24) is 0 Å². The van der Waals surface area contributed by atoms with E-state index < -0.39 is 23.6 Å². The van der Waals surface area contributed by atoms with Crippen LogP contribution >= 0.6 is 0 Å². The van der Waals surface area contributed by atoms with E-state index >= 15 is 0 Å². The zero-order valence-corrected chi connectivity index (χ0v) is 21.1. The molecule has 0 saturated carbocycles. The van der Waals surface area contributed by atoms with E-state index in [1.807, 2.05) is 6.92 Å². The van der Waals surface area contributed by atoms with Gasteiger partial charge in [0.25, 0.3) is 0 Å². The van der Waals surface area contributed by atoms with Gasteiger partial charge in [-0.05, 0) is 36.8 Å². The Bertz CT molecular complexity index is 1100. The molecule has 0 N–H and O–H groups in total. The van der Waals surface area contributed by atoms with Crippen LogP contribution in [0.2, 0.25) is 0 Å². The quantitative estimate of drug-likeness (QED) is 0.421. The van der Waals surface area contributed by atoms with Crippen molar-refractivity contribution in [2.75, 3.05) is 34.2 Å². The van der Waals surface area contributed by atoms with Crippen LogP contribution in [0.15, 0.2) is 36.1 Å². The molecule has 1 saturated heterocycles. The van der Waals surface area contributed by atoms with E-state index in [1.54, 1.807) is 18.2 Å². The van der Waals surface area contributed by atoms with E-state index in [9.17, 15) is 14.7 Å². The summed E-state index contributed by atoms with van der Waals surface area (Å²) in [6, 6.07) is 8.09. The second-order valence-electron chi connectivity index (χ2n) is 7.45. The van der Waals surface area contributed by atoms with E-state index in [4.69, 9.17) is 23.7 Å². The normalized spacial score (nSPS) is 16.3. The van der Waals surface area contributed by atoms with Crippen molar-refractivity contribution in [2.45, 2.75) is 19.6 Å². The van der Waals surface area contributed by atoms with Crippen LogP contribution < -0.4 is 44.1 Å². The molecule has 168 valence electrons. The van der Waals surface area contributed by atoms with Crippen LogP contribution in [0, 0.1) is 6.92 Å². The van der Waals surface area contributed by atoms with Crippen molar-refractivity contribution in [3.63, 3.8) is 0 Å². The van der Waals surface area contributed by atoms with Crippen molar-refractivity contribution in [2.24, 2.45) is 0 Å². The molecule has 0 atom stereocenters. The fraction of sp³-hybridized carbons (Fsp3) is 0.333. The summed E-state index contributed by atoms with van der Waals surface area (Å²) in [4.78, 5) is 26.6. The van der Waals surface area contributed by atoms with Crippen LogP contribution in [0.4, 0.5) is 0 Å². The minimum Gasteiger partial charge on any atom is -0.869 e. The number of aryl methyl sites for hydroxylation is 1. The predicted molar refractivity (Wildman–Crippen MR) is 112 cm³/mol. The van der Waals surface area contributed by atoms with Gasteiger partial charge in [0, 0.05) is 29.4 Å². The molecule has 0 unspecified atom stereocenters. The van der Waals surface area contributed by atoms with E-state index in [-0.39, 0.29) is 70.1 Å². The molecule has 0 bridgehead atoms. The fourth-order valence-electron chi connectivity index (χ4n) is 3.95. The maximum Gasteiger partial charge on any atom is 1.00 e. The first kappa shape index (κ1) is 25.4. The number of rotatable bonds is 6. The second kappa shape index (κ2) is 10.8. The first-order valence-corrected chi connectivity index (χ1v) is 10.2. The van der Waals surface area contributed by atoms with Crippen LogP contribution in [-0.4, -0.2) is 45.8 Å². The van der Waals surface area contributed by atoms with Crippen LogP contribution in [0.1, 0.15) is 50.1 Å². The van der Waals surface area contributed by atoms with Crippen LogP contribution in [0.3, 0.4) is 0 Å². The number of carbonyl (C=O) groups excluding carboxylic acids is 2. The molecule has 2 aromatic rings. The molecular formula is C24H23NaO8. The van der Waals surface area contributed by atoms with E-state index in [2.05, 4.69) is 0 Å².